The molecule has 0 aliphatic rings. The monoisotopic (exact) mass is 334 g/mol. The molecule has 0 saturated carbocycles. The van der Waals surface area contributed by atoms with E-state index < -0.39 is 19.1 Å². The van der Waals surface area contributed by atoms with Gasteiger partial charge in [0.25, 0.3) is 0 Å². The Balaban J connectivity index is 3.69. The van der Waals surface area contributed by atoms with Crippen LogP contribution in [0, 0.1) is 0 Å². The molecule has 124 valence electrons. The van der Waals surface area contributed by atoms with Gasteiger partial charge in [0.2, 0.25) is 0 Å². The fraction of sp³-hybridized carbons (Fsp3) is 0.462. The quantitative estimate of drug-likeness (QED) is 0.485. The minimum Gasteiger partial charge on any atom is -0.496 e. The van der Waals surface area contributed by atoms with Crippen LogP contribution in [-0.2, 0) is 19.6 Å². The van der Waals surface area contributed by atoms with Gasteiger partial charge in [-0.3, -0.25) is 4.57 Å². The minimum atomic E-state index is -4.97. The molecule has 0 spiro atoms. The van der Waals surface area contributed by atoms with Crippen molar-refractivity contribution >= 4 is 13.6 Å². The van der Waals surface area contributed by atoms with Crippen LogP contribution in [0.3, 0.4) is 0 Å². The number of hydrogen-bond donors (Lipinski definition) is 3. The predicted octanol–water partition coefficient (Wildman–Crippen LogP) is 1.75. The number of hydrogen-bond acceptors (Lipinski definition) is 5. The first-order valence-electron chi connectivity index (χ1n) is 6.48. The summed E-state index contributed by atoms with van der Waals surface area (Å²) in [6.07, 6.45) is 0. The zero-order valence-electron chi connectivity index (χ0n) is 12.5. The molecule has 0 fully saturated rings. The SMILES string of the molecule is CCOC(OCC)(c1cc(C(=O)O)ccc1OC)P(=O)(O)O. The van der Waals surface area contributed by atoms with Gasteiger partial charge in [0, 0.05) is 13.2 Å². The van der Waals surface area contributed by atoms with E-state index in [9.17, 15) is 19.1 Å². The van der Waals surface area contributed by atoms with Gasteiger partial charge >= 0.3 is 19.1 Å². The highest BCUT2D eigenvalue weighted by Gasteiger charge is 2.53. The summed E-state index contributed by atoms with van der Waals surface area (Å²) in [7, 11) is -3.68. The second kappa shape index (κ2) is 7.21. The fourth-order valence-corrected chi connectivity index (χ4v) is 3.08. The first-order valence-corrected chi connectivity index (χ1v) is 8.10. The molecule has 3 N–H and O–H groups in total. The van der Waals surface area contributed by atoms with Gasteiger partial charge in [-0.05, 0) is 32.0 Å². The number of carboxylic acid groups (broad SMARTS) is 1. The molecule has 0 radical (unpaired) electrons. The molecular weight excluding hydrogens is 315 g/mol. The van der Waals surface area contributed by atoms with Crippen LogP contribution >= 0.6 is 7.60 Å². The molecule has 0 amide bonds. The van der Waals surface area contributed by atoms with Gasteiger partial charge in [-0.2, -0.15) is 0 Å². The van der Waals surface area contributed by atoms with Gasteiger partial charge in [-0.1, -0.05) is 0 Å². The van der Waals surface area contributed by atoms with Crippen molar-refractivity contribution in [3.63, 3.8) is 0 Å². The lowest BCUT2D eigenvalue weighted by atomic mass is 10.1. The van der Waals surface area contributed by atoms with E-state index in [2.05, 4.69) is 0 Å². The zero-order chi connectivity index (χ0) is 17.0. The highest BCUT2D eigenvalue weighted by Crippen LogP contribution is 2.60. The van der Waals surface area contributed by atoms with Gasteiger partial charge in [0.05, 0.1) is 18.2 Å². The molecular formula is C13H19O8P. The molecule has 1 aromatic rings. The third-order valence-corrected chi connectivity index (χ3v) is 4.12. The molecule has 0 unspecified atom stereocenters. The standard InChI is InChI=1S/C13H19O8P/c1-4-20-13(21-5-2,22(16,17)18)10-8-9(12(14)15)6-7-11(10)19-3/h6-8H,4-5H2,1-3H3,(H,14,15)(H2,16,17,18). The van der Waals surface area contributed by atoms with Crippen LogP contribution in [0.15, 0.2) is 18.2 Å². The predicted molar refractivity (Wildman–Crippen MR) is 76.9 cm³/mol. The van der Waals surface area contributed by atoms with E-state index in [1.54, 1.807) is 0 Å². The third-order valence-electron chi connectivity index (χ3n) is 2.85. The van der Waals surface area contributed by atoms with Crippen LogP contribution in [0.5, 0.6) is 5.75 Å². The average molecular weight is 334 g/mol. The van der Waals surface area contributed by atoms with Crippen molar-refractivity contribution in [1.82, 2.24) is 0 Å². The number of carboxylic acids is 1. The van der Waals surface area contributed by atoms with Crippen molar-refractivity contribution in [2.45, 2.75) is 19.4 Å². The number of ether oxygens (including phenoxy) is 3. The Morgan fingerprint density at radius 3 is 2.14 bits per heavy atom. The highest BCUT2D eigenvalue weighted by atomic mass is 31.2. The van der Waals surface area contributed by atoms with Crippen LogP contribution in [-0.4, -0.2) is 41.2 Å². The second-order valence-corrected chi connectivity index (χ2v) is 5.89. The molecule has 1 rings (SSSR count). The van der Waals surface area contributed by atoms with E-state index in [-0.39, 0.29) is 30.1 Å². The number of rotatable bonds is 8. The Kier molecular flexibility index (Phi) is 6.10. The largest absolute Gasteiger partial charge is 0.496 e. The maximum absolute atomic E-state index is 12.0. The fourth-order valence-electron chi connectivity index (χ4n) is 2.00. The number of methoxy groups -OCH3 is 1. The molecule has 0 aromatic heterocycles. The summed E-state index contributed by atoms with van der Waals surface area (Å²) in [5.41, 5.74) is -2.77. The van der Waals surface area contributed by atoms with Crippen molar-refractivity contribution < 1.29 is 38.5 Å². The molecule has 0 heterocycles. The zero-order valence-corrected chi connectivity index (χ0v) is 13.4. The average Bonchev–Trinajstić information content (AvgIpc) is 2.44. The maximum Gasteiger partial charge on any atom is 0.389 e. The topological polar surface area (TPSA) is 123 Å². The summed E-state index contributed by atoms with van der Waals surface area (Å²) in [6, 6.07) is 3.62. The lowest BCUT2D eigenvalue weighted by Crippen LogP contribution is -2.34. The molecule has 9 heteroatoms. The van der Waals surface area contributed by atoms with Crippen LogP contribution < -0.4 is 4.74 Å². The summed E-state index contributed by atoms with van der Waals surface area (Å²) in [4.78, 5) is 30.6. The first-order chi connectivity index (χ1) is 10.2. The molecule has 8 nitrogen and oxygen atoms in total. The van der Waals surface area contributed by atoms with E-state index in [1.165, 1.54) is 33.1 Å². The number of benzene rings is 1. The Hall–Kier alpha value is -1.44. The molecule has 0 saturated heterocycles. The van der Waals surface area contributed by atoms with Crippen LogP contribution in [0.4, 0.5) is 0 Å². The van der Waals surface area contributed by atoms with Crippen LogP contribution in [0.25, 0.3) is 0 Å². The first kappa shape index (κ1) is 18.6. The molecule has 22 heavy (non-hydrogen) atoms. The highest BCUT2D eigenvalue weighted by molar-refractivity contribution is 7.52. The Labute approximate surface area is 127 Å². The van der Waals surface area contributed by atoms with E-state index in [4.69, 9.17) is 19.3 Å². The summed E-state index contributed by atoms with van der Waals surface area (Å²) in [6.45, 7) is 2.95. The normalized spacial score (nSPS) is 12.2. The van der Waals surface area contributed by atoms with E-state index >= 15 is 0 Å². The molecule has 0 aliphatic heterocycles. The Bertz CT molecular complexity index is 573. The van der Waals surface area contributed by atoms with E-state index in [0.717, 1.165) is 6.07 Å². The van der Waals surface area contributed by atoms with Gasteiger partial charge < -0.3 is 29.1 Å². The second-order valence-electron chi connectivity index (χ2n) is 4.21. The summed E-state index contributed by atoms with van der Waals surface area (Å²) in [5.74, 6) is -1.20. The van der Waals surface area contributed by atoms with Gasteiger partial charge in [-0.25, -0.2) is 4.79 Å². The molecule has 0 aliphatic carbocycles. The minimum absolute atomic E-state index is 0.0511. The molecule has 1 aromatic carbocycles. The smallest absolute Gasteiger partial charge is 0.389 e. The van der Waals surface area contributed by atoms with Gasteiger partial charge in [0.1, 0.15) is 5.75 Å². The summed E-state index contributed by atoms with van der Waals surface area (Å²) < 4.78 is 27.6. The lowest BCUT2D eigenvalue weighted by Gasteiger charge is -2.34. The van der Waals surface area contributed by atoms with Crippen LogP contribution in [0.1, 0.15) is 29.8 Å². The Morgan fingerprint density at radius 2 is 1.77 bits per heavy atom. The Morgan fingerprint density at radius 1 is 1.23 bits per heavy atom. The van der Waals surface area contributed by atoms with Crippen molar-refractivity contribution in [2.24, 2.45) is 0 Å². The van der Waals surface area contributed by atoms with Crippen molar-refractivity contribution in [3.8, 4) is 5.75 Å². The number of carbonyl (C=O) groups is 1. The molecule has 0 atom stereocenters. The van der Waals surface area contributed by atoms with E-state index in [1.807, 2.05) is 0 Å². The summed E-state index contributed by atoms with van der Waals surface area (Å²) in [5, 5.41) is 9.08. The number of aromatic carboxylic acids is 1. The van der Waals surface area contributed by atoms with Gasteiger partial charge in [0.15, 0.2) is 0 Å². The molecule has 0 bridgehead atoms. The van der Waals surface area contributed by atoms with Crippen molar-refractivity contribution in [3.05, 3.63) is 29.3 Å². The summed E-state index contributed by atoms with van der Waals surface area (Å²) >= 11 is 0. The van der Waals surface area contributed by atoms with Gasteiger partial charge in [-0.15, -0.1) is 0 Å². The van der Waals surface area contributed by atoms with Crippen LogP contribution in [0.2, 0.25) is 0 Å². The lowest BCUT2D eigenvalue weighted by molar-refractivity contribution is -0.193. The van der Waals surface area contributed by atoms with E-state index in [0.29, 0.717) is 0 Å². The third kappa shape index (κ3) is 3.48. The van der Waals surface area contributed by atoms with Crippen molar-refractivity contribution in [2.75, 3.05) is 20.3 Å². The maximum atomic E-state index is 12.0. The van der Waals surface area contributed by atoms with Crippen molar-refractivity contribution in [1.29, 1.82) is 0 Å².